The molecule has 15 heavy (non-hydrogen) atoms. The fourth-order valence-corrected chi connectivity index (χ4v) is 1.98. The maximum absolute atomic E-state index is 10.1. The van der Waals surface area contributed by atoms with Crippen LogP contribution in [-0.2, 0) is 0 Å². The Morgan fingerprint density at radius 3 is 2.73 bits per heavy atom. The minimum Gasteiger partial charge on any atom is -0.386 e. The van der Waals surface area contributed by atoms with Gasteiger partial charge in [0.15, 0.2) is 0 Å². The van der Waals surface area contributed by atoms with Crippen molar-refractivity contribution < 1.29 is 5.11 Å². The normalized spacial score (nSPS) is 19.1. The van der Waals surface area contributed by atoms with Gasteiger partial charge in [0, 0.05) is 6.20 Å². The molecule has 0 aliphatic carbocycles. The average Bonchev–Trinajstić information content (AvgIpc) is 2.14. The Kier molecular flexibility index (Phi) is 2.61. The highest BCUT2D eigenvalue weighted by Crippen LogP contribution is 2.34. The topological polar surface area (TPSA) is 36.4 Å². The van der Waals surface area contributed by atoms with Gasteiger partial charge in [0.25, 0.3) is 0 Å². The Morgan fingerprint density at radius 1 is 1.53 bits per heavy atom. The van der Waals surface area contributed by atoms with Crippen molar-refractivity contribution in [1.82, 2.24) is 4.98 Å². The molecule has 1 aliphatic heterocycles. The van der Waals surface area contributed by atoms with Crippen LogP contribution in [0.3, 0.4) is 0 Å². The van der Waals surface area contributed by atoms with Gasteiger partial charge in [0.1, 0.15) is 11.4 Å². The zero-order chi connectivity index (χ0) is 11.1. The van der Waals surface area contributed by atoms with E-state index in [1.165, 1.54) is 0 Å². The van der Waals surface area contributed by atoms with Crippen LogP contribution < -0.4 is 4.90 Å². The minimum atomic E-state index is -0.582. The van der Waals surface area contributed by atoms with E-state index in [0.717, 1.165) is 5.82 Å². The fourth-order valence-electron chi connectivity index (χ4n) is 1.74. The van der Waals surface area contributed by atoms with E-state index in [9.17, 15) is 5.11 Å². The van der Waals surface area contributed by atoms with Crippen molar-refractivity contribution in [1.29, 1.82) is 0 Å². The third kappa shape index (κ3) is 1.82. The molecule has 3 nitrogen and oxygen atoms in total. The maximum Gasteiger partial charge on any atom is 0.147 e. The number of hydrogen-bond donors (Lipinski definition) is 1. The molecular weight excluding hydrogens is 212 g/mol. The van der Waals surface area contributed by atoms with Crippen LogP contribution >= 0.6 is 11.6 Å². The Morgan fingerprint density at radius 2 is 2.20 bits per heavy atom. The molecule has 1 aromatic rings. The van der Waals surface area contributed by atoms with Crippen LogP contribution in [0.15, 0.2) is 18.3 Å². The van der Waals surface area contributed by atoms with Crippen LogP contribution in [0.2, 0.25) is 5.02 Å². The van der Waals surface area contributed by atoms with E-state index in [-0.39, 0.29) is 5.92 Å². The van der Waals surface area contributed by atoms with Crippen molar-refractivity contribution >= 4 is 17.4 Å². The van der Waals surface area contributed by atoms with Gasteiger partial charge >= 0.3 is 0 Å². The summed E-state index contributed by atoms with van der Waals surface area (Å²) >= 11 is 6.02. The molecule has 2 heterocycles. The standard InChI is InChI=1S/C11H15ClN2O/c1-8(2)11(15)6-14(7-11)10-9(12)4-3-5-13-10/h3-5,8,15H,6-7H2,1-2H3. The minimum absolute atomic E-state index is 0.260. The Labute approximate surface area is 94.7 Å². The molecule has 0 atom stereocenters. The summed E-state index contributed by atoms with van der Waals surface area (Å²) in [6, 6.07) is 3.62. The molecule has 1 saturated heterocycles. The van der Waals surface area contributed by atoms with Crippen molar-refractivity contribution in [2.24, 2.45) is 5.92 Å². The van der Waals surface area contributed by atoms with Crippen LogP contribution in [0, 0.1) is 5.92 Å². The summed E-state index contributed by atoms with van der Waals surface area (Å²) in [4.78, 5) is 6.21. The predicted octanol–water partition coefficient (Wildman–Crippen LogP) is 1.94. The van der Waals surface area contributed by atoms with Crippen molar-refractivity contribution in [2.75, 3.05) is 18.0 Å². The first kappa shape index (κ1) is 10.7. The quantitative estimate of drug-likeness (QED) is 0.838. The summed E-state index contributed by atoms with van der Waals surface area (Å²) in [7, 11) is 0. The van der Waals surface area contributed by atoms with E-state index in [0.29, 0.717) is 18.1 Å². The molecule has 2 rings (SSSR count). The van der Waals surface area contributed by atoms with E-state index < -0.39 is 5.60 Å². The summed E-state index contributed by atoms with van der Waals surface area (Å²) in [5, 5.41) is 10.7. The summed E-state index contributed by atoms with van der Waals surface area (Å²) in [5.41, 5.74) is -0.582. The van der Waals surface area contributed by atoms with E-state index in [1.54, 1.807) is 12.3 Å². The second kappa shape index (κ2) is 3.65. The first-order chi connectivity index (χ1) is 7.03. The highest BCUT2D eigenvalue weighted by Gasteiger charge is 2.44. The lowest BCUT2D eigenvalue weighted by atomic mass is 9.83. The number of anilines is 1. The van der Waals surface area contributed by atoms with E-state index in [4.69, 9.17) is 11.6 Å². The molecule has 0 amide bonds. The summed E-state index contributed by atoms with van der Waals surface area (Å²) in [6.45, 7) is 5.28. The van der Waals surface area contributed by atoms with Crippen LogP contribution in [0.5, 0.6) is 0 Å². The average molecular weight is 227 g/mol. The second-order valence-electron chi connectivity index (χ2n) is 4.42. The smallest absolute Gasteiger partial charge is 0.147 e. The van der Waals surface area contributed by atoms with Gasteiger partial charge in [-0.2, -0.15) is 0 Å². The molecule has 0 spiro atoms. The number of hydrogen-bond acceptors (Lipinski definition) is 3. The van der Waals surface area contributed by atoms with Crippen molar-refractivity contribution in [3.05, 3.63) is 23.4 Å². The van der Waals surface area contributed by atoms with Gasteiger partial charge in [-0.05, 0) is 18.1 Å². The van der Waals surface area contributed by atoms with Crippen LogP contribution in [0.1, 0.15) is 13.8 Å². The number of aliphatic hydroxyl groups is 1. The summed E-state index contributed by atoms with van der Waals surface area (Å²) in [6.07, 6.45) is 1.72. The number of pyridine rings is 1. The third-order valence-corrected chi connectivity index (χ3v) is 3.34. The summed E-state index contributed by atoms with van der Waals surface area (Å²) in [5.74, 6) is 1.03. The van der Waals surface area contributed by atoms with Crippen molar-refractivity contribution in [2.45, 2.75) is 19.4 Å². The zero-order valence-corrected chi connectivity index (χ0v) is 9.70. The maximum atomic E-state index is 10.1. The van der Waals surface area contributed by atoms with Crippen molar-refractivity contribution in [3.8, 4) is 0 Å². The molecule has 82 valence electrons. The molecule has 1 N–H and O–H groups in total. The Bertz CT molecular complexity index is 361. The van der Waals surface area contributed by atoms with E-state index in [2.05, 4.69) is 4.98 Å². The molecule has 1 aliphatic rings. The van der Waals surface area contributed by atoms with Gasteiger partial charge in [0.2, 0.25) is 0 Å². The number of nitrogens with zero attached hydrogens (tertiary/aromatic N) is 2. The lowest BCUT2D eigenvalue weighted by molar-refractivity contribution is -0.0304. The summed E-state index contributed by atoms with van der Waals surface area (Å²) < 4.78 is 0. The van der Waals surface area contributed by atoms with Gasteiger partial charge < -0.3 is 10.0 Å². The fraction of sp³-hybridized carbons (Fsp3) is 0.545. The molecule has 0 bridgehead atoms. The van der Waals surface area contributed by atoms with Crippen LogP contribution in [0.4, 0.5) is 5.82 Å². The number of halogens is 1. The Balaban J connectivity index is 2.10. The predicted molar refractivity (Wildman–Crippen MR) is 61.2 cm³/mol. The van der Waals surface area contributed by atoms with Crippen LogP contribution in [-0.4, -0.2) is 28.8 Å². The molecular formula is C11H15ClN2O. The lowest BCUT2D eigenvalue weighted by Gasteiger charge is -2.49. The Hall–Kier alpha value is -0.800. The number of β-amino-alcohol motifs (C(OH)–C–C–N with tert-alkyl or cyclic N) is 1. The first-order valence-corrected chi connectivity index (χ1v) is 5.48. The van der Waals surface area contributed by atoms with E-state index in [1.807, 2.05) is 24.8 Å². The highest BCUT2D eigenvalue weighted by atomic mass is 35.5. The van der Waals surface area contributed by atoms with Gasteiger partial charge in [-0.3, -0.25) is 0 Å². The van der Waals surface area contributed by atoms with Gasteiger partial charge in [-0.1, -0.05) is 25.4 Å². The number of aromatic nitrogens is 1. The SMILES string of the molecule is CC(C)C1(O)CN(c2ncccc2Cl)C1. The lowest BCUT2D eigenvalue weighted by Crippen LogP contribution is -2.65. The molecule has 0 radical (unpaired) electrons. The monoisotopic (exact) mass is 226 g/mol. The van der Waals surface area contributed by atoms with Gasteiger partial charge in [-0.25, -0.2) is 4.98 Å². The van der Waals surface area contributed by atoms with E-state index >= 15 is 0 Å². The highest BCUT2D eigenvalue weighted by molar-refractivity contribution is 6.32. The molecule has 1 aromatic heterocycles. The molecule has 1 fully saturated rings. The largest absolute Gasteiger partial charge is 0.386 e. The second-order valence-corrected chi connectivity index (χ2v) is 4.83. The van der Waals surface area contributed by atoms with Crippen molar-refractivity contribution in [3.63, 3.8) is 0 Å². The first-order valence-electron chi connectivity index (χ1n) is 5.11. The third-order valence-electron chi connectivity index (χ3n) is 3.04. The zero-order valence-electron chi connectivity index (χ0n) is 8.94. The number of rotatable bonds is 2. The van der Waals surface area contributed by atoms with Crippen LogP contribution in [0.25, 0.3) is 0 Å². The molecule has 4 heteroatoms. The van der Waals surface area contributed by atoms with Gasteiger partial charge in [-0.15, -0.1) is 0 Å². The molecule has 0 aromatic carbocycles. The molecule has 0 saturated carbocycles. The molecule has 0 unspecified atom stereocenters. The van der Waals surface area contributed by atoms with Gasteiger partial charge in [0.05, 0.1) is 18.1 Å².